The van der Waals surface area contributed by atoms with Crippen molar-refractivity contribution in [3.8, 4) is 5.75 Å². The van der Waals surface area contributed by atoms with Crippen LogP contribution in [0.15, 0.2) is 12.4 Å². The first-order valence-electron chi connectivity index (χ1n) is 10.2. The Morgan fingerprint density at radius 1 is 1.39 bits per heavy atom. The average Bonchev–Trinajstić information content (AvgIpc) is 2.94. The molecule has 1 aliphatic heterocycles. The minimum atomic E-state index is -0.544. The number of nitrogens with two attached hydrogens (primary N) is 1. The molecule has 0 fully saturated rings. The topological polar surface area (TPSA) is 102 Å². The highest BCUT2D eigenvalue weighted by molar-refractivity contribution is 6.31. The SMILES string of the molecule is Cc1nn(C(C)c2cc(Cl)c(F)c3c2OC(C)CN(C[C@@H](C)O)C3)c2ncnc(N)c12. The summed E-state index contributed by atoms with van der Waals surface area (Å²) in [6.07, 6.45) is 0.644. The number of hydrogen-bond donors (Lipinski definition) is 2. The maximum absolute atomic E-state index is 15.1. The predicted octanol–water partition coefficient (Wildman–Crippen LogP) is 3.08. The van der Waals surface area contributed by atoms with Crippen LogP contribution in [-0.2, 0) is 6.54 Å². The molecule has 3 atom stereocenters. The van der Waals surface area contributed by atoms with Gasteiger partial charge in [-0.1, -0.05) is 11.6 Å². The van der Waals surface area contributed by atoms with Gasteiger partial charge in [-0.15, -0.1) is 0 Å². The molecule has 4 rings (SSSR count). The molecular weight excluding hydrogens is 423 g/mol. The number of aliphatic hydroxyl groups is 1. The molecular formula is C21H26ClFN6O2. The lowest BCUT2D eigenvalue weighted by molar-refractivity contribution is 0.0988. The molecule has 10 heteroatoms. The second-order valence-corrected chi connectivity index (χ2v) is 8.61. The van der Waals surface area contributed by atoms with Crippen molar-refractivity contribution in [3.63, 3.8) is 0 Å². The van der Waals surface area contributed by atoms with Gasteiger partial charge in [0.1, 0.15) is 29.8 Å². The van der Waals surface area contributed by atoms with Crippen molar-refractivity contribution in [1.82, 2.24) is 24.6 Å². The number of aromatic nitrogens is 4. The molecule has 0 amide bonds. The van der Waals surface area contributed by atoms with Crippen LogP contribution < -0.4 is 10.5 Å². The molecule has 3 aromatic rings. The third kappa shape index (κ3) is 3.93. The molecule has 0 saturated carbocycles. The maximum Gasteiger partial charge on any atom is 0.164 e. The van der Waals surface area contributed by atoms with Crippen LogP contribution in [-0.4, -0.2) is 55.1 Å². The van der Waals surface area contributed by atoms with Gasteiger partial charge in [-0.25, -0.2) is 19.0 Å². The van der Waals surface area contributed by atoms with Gasteiger partial charge in [0.05, 0.1) is 28.2 Å². The summed E-state index contributed by atoms with van der Waals surface area (Å²) in [6, 6.07) is 1.23. The molecule has 1 aromatic carbocycles. The third-order valence-corrected chi connectivity index (χ3v) is 5.82. The normalized spacial score (nSPS) is 19.0. The standard InChI is InChI=1S/C21H26ClFN6O2/c1-10(30)6-28-7-11(2)31-19-14(5-16(22)18(23)15(19)8-28)13(4)29-21-17(12(3)27-29)20(24)25-9-26-21/h5,9-11,13,30H,6-8H2,1-4H3,(H2,24,25,26)/t10-,11?,13?/m1/s1. The van der Waals surface area contributed by atoms with E-state index in [-0.39, 0.29) is 23.7 Å². The summed E-state index contributed by atoms with van der Waals surface area (Å²) in [5.74, 6) is 0.305. The lowest BCUT2D eigenvalue weighted by Gasteiger charge is -2.23. The fourth-order valence-electron chi connectivity index (χ4n) is 4.25. The molecule has 166 valence electrons. The van der Waals surface area contributed by atoms with Gasteiger partial charge in [-0.05, 0) is 33.8 Å². The van der Waals surface area contributed by atoms with Gasteiger partial charge in [-0.3, -0.25) is 4.90 Å². The van der Waals surface area contributed by atoms with Gasteiger partial charge in [0.2, 0.25) is 0 Å². The van der Waals surface area contributed by atoms with Crippen molar-refractivity contribution in [2.24, 2.45) is 0 Å². The first-order chi connectivity index (χ1) is 14.7. The average molecular weight is 449 g/mol. The number of ether oxygens (including phenoxy) is 1. The Bertz CT molecular complexity index is 1130. The molecule has 0 aliphatic carbocycles. The molecule has 3 N–H and O–H groups in total. The number of hydrogen-bond acceptors (Lipinski definition) is 7. The van der Waals surface area contributed by atoms with Gasteiger partial charge < -0.3 is 15.6 Å². The van der Waals surface area contributed by atoms with Crippen LogP contribution in [0.1, 0.15) is 43.6 Å². The van der Waals surface area contributed by atoms with E-state index in [1.54, 1.807) is 17.7 Å². The van der Waals surface area contributed by atoms with Crippen LogP contribution in [0.4, 0.5) is 10.2 Å². The Morgan fingerprint density at radius 3 is 2.84 bits per heavy atom. The molecule has 0 saturated heterocycles. The van der Waals surface area contributed by atoms with E-state index in [1.165, 1.54) is 6.33 Å². The van der Waals surface area contributed by atoms with Crippen LogP contribution in [0.5, 0.6) is 5.75 Å². The van der Waals surface area contributed by atoms with E-state index in [2.05, 4.69) is 15.1 Å². The summed E-state index contributed by atoms with van der Waals surface area (Å²) in [5, 5.41) is 15.2. The number of aliphatic hydroxyl groups excluding tert-OH is 1. The zero-order valence-corrected chi connectivity index (χ0v) is 18.7. The third-order valence-electron chi connectivity index (χ3n) is 5.54. The molecule has 1 aliphatic rings. The second kappa shape index (κ2) is 8.22. The number of halogens is 2. The van der Waals surface area contributed by atoms with Crippen LogP contribution in [0.3, 0.4) is 0 Å². The number of fused-ring (bicyclic) bond motifs is 2. The van der Waals surface area contributed by atoms with Crippen LogP contribution in [0, 0.1) is 12.7 Å². The zero-order valence-electron chi connectivity index (χ0n) is 17.9. The summed E-state index contributed by atoms with van der Waals surface area (Å²) in [4.78, 5) is 10.4. The first kappa shape index (κ1) is 21.7. The summed E-state index contributed by atoms with van der Waals surface area (Å²) in [7, 11) is 0. The number of nitrogen functional groups attached to an aromatic ring is 1. The van der Waals surface area contributed by atoms with Crippen molar-refractivity contribution in [2.75, 3.05) is 18.8 Å². The summed E-state index contributed by atoms with van der Waals surface area (Å²) in [5.41, 5.74) is 8.40. The Balaban J connectivity index is 1.86. The maximum atomic E-state index is 15.1. The fraction of sp³-hybridized carbons (Fsp3) is 0.476. The molecule has 0 radical (unpaired) electrons. The number of benzene rings is 1. The van der Waals surface area contributed by atoms with Crippen molar-refractivity contribution in [3.05, 3.63) is 40.1 Å². The van der Waals surface area contributed by atoms with Crippen molar-refractivity contribution < 1.29 is 14.2 Å². The zero-order chi connectivity index (χ0) is 22.4. The molecule has 0 spiro atoms. The molecule has 3 heterocycles. The van der Waals surface area contributed by atoms with Crippen molar-refractivity contribution >= 4 is 28.5 Å². The minimum absolute atomic E-state index is 0.0121. The van der Waals surface area contributed by atoms with Crippen molar-refractivity contribution in [2.45, 2.75) is 52.5 Å². The van der Waals surface area contributed by atoms with E-state index in [9.17, 15) is 5.11 Å². The predicted molar refractivity (Wildman–Crippen MR) is 117 cm³/mol. The van der Waals surface area contributed by atoms with E-state index in [4.69, 9.17) is 22.1 Å². The summed E-state index contributed by atoms with van der Waals surface area (Å²) >= 11 is 6.30. The molecule has 2 unspecified atom stereocenters. The largest absolute Gasteiger partial charge is 0.489 e. The van der Waals surface area contributed by atoms with Crippen molar-refractivity contribution in [1.29, 1.82) is 0 Å². The van der Waals surface area contributed by atoms with E-state index >= 15 is 4.39 Å². The van der Waals surface area contributed by atoms with E-state index in [1.807, 2.05) is 25.7 Å². The van der Waals surface area contributed by atoms with Gasteiger partial charge in [0.25, 0.3) is 0 Å². The monoisotopic (exact) mass is 448 g/mol. The Morgan fingerprint density at radius 2 is 2.13 bits per heavy atom. The highest BCUT2D eigenvalue weighted by Crippen LogP contribution is 2.40. The van der Waals surface area contributed by atoms with E-state index < -0.39 is 11.9 Å². The van der Waals surface area contributed by atoms with E-state index in [0.29, 0.717) is 52.5 Å². The lowest BCUT2D eigenvalue weighted by atomic mass is 10.0. The smallest absolute Gasteiger partial charge is 0.164 e. The van der Waals surface area contributed by atoms with Crippen LogP contribution >= 0.6 is 11.6 Å². The number of anilines is 1. The first-order valence-corrected chi connectivity index (χ1v) is 10.6. The highest BCUT2D eigenvalue weighted by atomic mass is 35.5. The van der Waals surface area contributed by atoms with Gasteiger partial charge in [0.15, 0.2) is 5.65 Å². The van der Waals surface area contributed by atoms with Gasteiger partial charge in [-0.2, -0.15) is 5.10 Å². The second-order valence-electron chi connectivity index (χ2n) is 8.20. The molecule has 8 nitrogen and oxygen atoms in total. The number of aryl methyl sites for hydroxylation is 1. The summed E-state index contributed by atoms with van der Waals surface area (Å²) < 4.78 is 23.0. The van der Waals surface area contributed by atoms with Crippen LogP contribution in [0.2, 0.25) is 5.02 Å². The molecule has 31 heavy (non-hydrogen) atoms. The van der Waals surface area contributed by atoms with E-state index in [0.717, 1.165) is 0 Å². The molecule has 0 bridgehead atoms. The lowest BCUT2D eigenvalue weighted by Crippen LogP contribution is -2.35. The fourth-order valence-corrected chi connectivity index (χ4v) is 4.48. The van der Waals surface area contributed by atoms with Crippen LogP contribution in [0.25, 0.3) is 11.0 Å². The molecule has 2 aromatic heterocycles. The summed E-state index contributed by atoms with van der Waals surface area (Å²) in [6.45, 7) is 8.65. The quantitative estimate of drug-likeness (QED) is 0.632. The Kier molecular flexibility index (Phi) is 5.76. The highest BCUT2D eigenvalue weighted by Gasteiger charge is 2.30. The van der Waals surface area contributed by atoms with Gasteiger partial charge >= 0.3 is 0 Å². The van der Waals surface area contributed by atoms with Gasteiger partial charge in [0, 0.05) is 30.8 Å². The number of rotatable bonds is 4. The number of β-amino-alcohol motifs (C(OH)–C–C–N with tert-alkyl or cyclic N) is 1. The Labute approximate surface area is 184 Å². The number of nitrogens with zero attached hydrogens (tertiary/aromatic N) is 5. The Hall–Kier alpha value is -2.49. The minimum Gasteiger partial charge on any atom is -0.489 e.